The first-order valence-electron chi connectivity index (χ1n) is 7.44. The Kier molecular flexibility index (Phi) is 3.74. The van der Waals surface area contributed by atoms with Gasteiger partial charge in [-0.05, 0) is 18.4 Å². The fraction of sp³-hybridized carbons (Fsp3) is 0.625. The molecule has 1 aromatic carbocycles. The summed E-state index contributed by atoms with van der Waals surface area (Å²) in [5, 5.41) is 0. The van der Waals surface area contributed by atoms with Crippen LogP contribution in [0.5, 0.6) is 5.75 Å². The molecule has 2 aliphatic rings. The third-order valence-electron chi connectivity index (χ3n) is 4.51. The normalized spacial score (nSPS) is 27.7. The Morgan fingerprint density at radius 1 is 1.21 bits per heavy atom. The summed E-state index contributed by atoms with van der Waals surface area (Å²) in [7, 11) is 0. The molecule has 2 N–H and O–H groups in total. The first kappa shape index (κ1) is 12.9. The van der Waals surface area contributed by atoms with E-state index in [4.69, 9.17) is 10.5 Å². The first-order valence-corrected chi connectivity index (χ1v) is 7.44. The van der Waals surface area contributed by atoms with Crippen LogP contribution in [0.15, 0.2) is 18.2 Å². The van der Waals surface area contributed by atoms with Crippen molar-refractivity contribution in [3.8, 4) is 5.75 Å². The average molecular weight is 263 g/mol. The lowest BCUT2D eigenvalue weighted by Gasteiger charge is -2.33. The van der Waals surface area contributed by atoms with E-state index < -0.39 is 0 Å². The molecule has 0 saturated heterocycles. The molecule has 1 aliphatic carbocycles. The standard InChI is InChI=1S/C16H22FNO/c17-12-6-7-14-15(18)10-13(19-16(14)9-12)8-11-4-2-1-3-5-11/h6-7,9,11,13,15H,1-5,8,10,18H2/t13?,15-/m1/s1. The van der Waals surface area contributed by atoms with E-state index in [9.17, 15) is 4.39 Å². The van der Waals surface area contributed by atoms with Crippen LogP contribution >= 0.6 is 0 Å². The van der Waals surface area contributed by atoms with E-state index in [1.54, 1.807) is 6.07 Å². The third kappa shape index (κ3) is 2.92. The highest BCUT2D eigenvalue weighted by Gasteiger charge is 2.28. The summed E-state index contributed by atoms with van der Waals surface area (Å²) in [6.07, 6.45) is 8.76. The minimum absolute atomic E-state index is 0.0158. The number of rotatable bonds is 2. The molecule has 104 valence electrons. The number of nitrogens with two attached hydrogens (primary N) is 1. The Morgan fingerprint density at radius 3 is 2.79 bits per heavy atom. The second-order valence-corrected chi connectivity index (χ2v) is 6.00. The predicted octanol–water partition coefficient (Wildman–Crippen LogP) is 3.95. The monoisotopic (exact) mass is 263 g/mol. The molecule has 3 heteroatoms. The lowest BCUT2D eigenvalue weighted by atomic mass is 9.83. The average Bonchev–Trinajstić information content (AvgIpc) is 2.39. The molecule has 1 aromatic rings. The van der Waals surface area contributed by atoms with Gasteiger partial charge < -0.3 is 10.5 Å². The van der Waals surface area contributed by atoms with Gasteiger partial charge in [0.15, 0.2) is 0 Å². The van der Waals surface area contributed by atoms with Gasteiger partial charge in [0.2, 0.25) is 0 Å². The number of hydrogen-bond acceptors (Lipinski definition) is 2. The number of halogens is 1. The predicted molar refractivity (Wildman–Crippen MR) is 73.6 cm³/mol. The molecular formula is C16H22FNO. The summed E-state index contributed by atoms with van der Waals surface area (Å²) in [5.41, 5.74) is 7.14. The van der Waals surface area contributed by atoms with Crippen molar-refractivity contribution in [2.75, 3.05) is 0 Å². The molecule has 2 nitrogen and oxygen atoms in total. The van der Waals surface area contributed by atoms with Crippen LogP contribution in [0.4, 0.5) is 4.39 Å². The van der Waals surface area contributed by atoms with Crippen molar-refractivity contribution in [1.29, 1.82) is 0 Å². The molecule has 0 radical (unpaired) electrons. The maximum Gasteiger partial charge on any atom is 0.127 e. The molecule has 1 aliphatic heterocycles. The van der Waals surface area contributed by atoms with Crippen LogP contribution in [0.2, 0.25) is 0 Å². The number of hydrogen-bond donors (Lipinski definition) is 1. The van der Waals surface area contributed by atoms with Gasteiger partial charge in [-0.2, -0.15) is 0 Å². The zero-order valence-electron chi connectivity index (χ0n) is 11.3. The topological polar surface area (TPSA) is 35.2 Å². The fourth-order valence-corrected chi connectivity index (χ4v) is 3.49. The van der Waals surface area contributed by atoms with Crippen molar-refractivity contribution in [3.63, 3.8) is 0 Å². The summed E-state index contributed by atoms with van der Waals surface area (Å²) >= 11 is 0. The van der Waals surface area contributed by atoms with Gasteiger partial charge in [-0.1, -0.05) is 38.2 Å². The van der Waals surface area contributed by atoms with Crippen molar-refractivity contribution in [2.24, 2.45) is 11.7 Å². The Bertz CT molecular complexity index is 442. The second kappa shape index (κ2) is 5.49. The van der Waals surface area contributed by atoms with E-state index in [2.05, 4.69) is 0 Å². The third-order valence-corrected chi connectivity index (χ3v) is 4.51. The van der Waals surface area contributed by atoms with Crippen LogP contribution in [0.25, 0.3) is 0 Å². The number of benzene rings is 1. The van der Waals surface area contributed by atoms with Crippen molar-refractivity contribution < 1.29 is 9.13 Å². The maximum atomic E-state index is 13.3. The smallest absolute Gasteiger partial charge is 0.127 e. The van der Waals surface area contributed by atoms with Gasteiger partial charge in [0.05, 0.1) is 0 Å². The van der Waals surface area contributed by atoms with Gasteiger partial charge in [0.1, 0.15) is 17.7 Å². The van der Waals surface area contributed by atoms with Gasteiger partial charge in [-0.3, -0.25) is 0 Å². The highest BCUT2D eigenvalue weighted by atomic mass is 19.1. The van der Waals surface area contributed by atoms with E-state index in [0.717, 1.165) is 24.3 Å². The van der Waals surface area contributed by atoms with Crippen LogP contribution in [-0.4, -0.2) is 6.10 Å². The minimum atomic E-state index is -0.246. The zero-order chi connectivity index (χ0) is 13.2. The van der Waals surface area contributed by atoms with Crippen LogP contribution in [0.1, 0.15) is 56.6 Å². The van der Waals surface area contributed by atoms with Gasteiger partial charge >= 0.3 is 0 Å². The van der Waals surface area contributed by atoms with E-state index in [1.807, 2.05) is 0 Å². The summed E-state index contributed by atoms with van der Waals surface area (Å²) in [5.74, 6) is 1.17. The van der Waals surface area contributed by atoms with Gasteiger partial charge in [0, 0.05) is 24.1 Å². The lowest BCUT2D eigenvalue weighted by Crippen LogP contribution is -2.31. The Balaban J connectivity index is 1.69. The molecule has 1 heterocycles. The quantitative estimate of drug-likeness (QED) is 0.877. The minimum Gasteiger partial charge on any atom is -0.490 e. The van der Waals surface area contributed by atoms with Gasteiger partial charge in [-0.25, -0.2) is 4.39 Å². The molecular weight excluding hydrogens is 241 g/mol. The van der Waals surface area contributed by atoms with E-state index in [-0.39, 0.29) is 18.0 Å². The van der Waals surface area contributed by atoms with Crippen LogP contribution < -0.4 is 10.5 Å². The number of fused-ring (bicyclic) bond motifs is 1. The maximum absolute atomic E-state index is 13.3. The first-order chi connectivity index (χ1) is 9.22. The van der Waals surface area contributed by atoms with Crippen molar-refractivity contribution in [3.05, 3.63) is 29.6 Å². The largest absolute Gasteiger partial charge is 0.490 e. The summed E-state index contributed by atoms with van der Waals surface area (Å²) in [6, 6.07) is 4.68. The molecule has 0 bridgehead atoms. The van der Waals surface area contributed by atoms with Crippen molar-refractivity contribution in [2.45, 2.75) is 57.1 Å². The lowest BCUT2D eigenvalue weighted by molar-refractivity contribution is 0.119. The highest BCUT2D eigenvalue weighted by molar-refractivity contribution is 5.38. The molecule has 19 heavy (non-hydrogen) atoms. The molecule has 1 unspecified atom stereocenters. The Hall–Kier alpha value is -1.09. The fourth-order valence-electron chi connectivity index (χ4n) is 3.49. The second-order valence-electron chi connectivity index (χ2n) is 6.00. The van der Waals surface area contributed by atoms with E-state index in [1.165, 1.54) is 44.2 Å². The summed E-state index contributed by atoms with van der Waals surface area (Å²) < 4.78 is 19.3. The zero-order valence-corrected chi connectivity index (χ0v) is 11.3. The summed E-state index contributed by atoms with van der Waals surface area (Å²) in [4.78, 5) is 0. The Morgan fingerprint density at radius 2 is 2.00 bits per heavy atom. The van der Waals surface area contributed by atoms with E-state index >= 15 is 0 Å². The molecule has 2 atom stereocenters. The molecule has 0 amide bonds. The molecule has 1 saturated carbocycles. The van der Waals surface area contributed by atoms with Crippen molar-refractivity contribution >= 4 is 0 Å². The Labute approximate surface area is 114 Å². The molecule has 0 aromatic heterocycles. The molecule has 0 spiro atoms. The van der Waals surface area contributed by atoms with Gasteiger partial charge in [-0.15, -0.1) is 0 Å². The van der Waals surface area contributed by atoms with E-state index in [0.29, 0.717) is 5.75 Å². The molecule has 3 rings (SSSR count). The highest BCUT2D eigenvalue weighted by Crippen LogP contribution is 2.37. The van der Waals surface area contributed by atoms with Crippen LogP contribution in [0, 0.1) is 11.7 Å². The molecule has 1 fully saturated rings. The van der Waals surface area contributed by atoms with Crippen LogP contribution in [0.3, 0.4) is 0 Å². The summed E-state index contributed by atoms with van der Waals surface area (Å²) in [6.45, 7) is 0. The van der Waals surface area contributed by atoms with Crippen LogP contribution in [-0.2, 0) is 0 Å². The van der Waals surface area contributed by atoms with Gasteiger partial charge in [0.25, 0.3) is 0 Å². The number of ether oxygens (including phenoxy) is 1. The van der Waals surface area contributed by atoms with Crippen molar-refractivity contribution in [1.82, 2.24) is 0 Å². The SMILES string of the molecule is N[C@@H]1CC(CC2CCCCC2)Oc2cc(F)ccc21.